The van der Waals surface area contributed by atoms with Gasteiger partial charge in [0.05, 0.1) is 16.8 Å². The van der Waals surface area contributed by atoms with Gasteiger partial charge in [0.2, 0.25) is 0 Å². The zero-order valence-corrected chi connectivity index (χ0v) is 22.8. The van der Waals surface area contributed by atoms with E-state index in [9.17, 15) is 26.7 Å². The van der Waals surface area contributed by atoms with Gasteiger partial charge < -0.3 is 14.8 Å². The molecule has 4 nitrogen and oxygen atoms in total. The first-order valence-electron chi connectivity index (χ1n) is 13.8. The van der Waals surface area contributed by atoms with Gasteiger partial charge in [-0.2, -0.15) is 13.2 Å². The highest BCUT2D eigenvalue weighted by Crippen LogP contribution is 2.52. The molecular formula is C32H30F5N3O. The van der Waals surface area contributed by atoms with Crippen LogP contribution in [-0.2, 0) is 18.1 Å². The van der Waals surface area contributed by atoms with Gasteiger partial charge in [-0.1, -0.05) is 30.3 Å². The van der Waals surface area contributed by atoms with Crippen LogP contribution in [0, 0.1) is 11.6 Å². The van der Waals surface area contributed by atoms with Gasteiger partial charge in [-0.3, -0.25) is 4.79 Å². The topological polar surface area (TPSA) is 39.3 Å². The molecule has 1 aromatic heterocycles. The molecule has 0 radical (unpaired) electrons. The molecule has 1 saturated carbocycles. The van der Waals surface area contributed by atoms with Gasteiger partial charge in [0, 0.05) is 42.8 Å². The number of halogens is 5. The summed E-state index contributed by atoms with van der Waals surface area (Å²) < 4.78 is 68.9. The molecule has 2 heterocycles. The van der Waals surface area contributed by atoms with Gasteiger partial charge in [0.25, 0.3) is 5.91 Å². The Kier molecular flexibility index (Phi) is 6.58. The Labute approximate surface area is 234 Å². The van der Waals surface area contributed by atoms with E-state index in [1.165, 1.54) is 6.07 Å². The highest BCUT2D eigenvalue weighted by Gasteiger charge is 2.49. The number of anilines is 1. The predicted molar refractivity (Wildman–Crippen MR) is 148 cm³/mol. The molecule has 1 aliphatic carbocycles. The molecule has 1 fully saturated rings. The van der Waals surface area contributed by atoms with Crippen LogP contribution in [0.4, 0.5) is 27.6 Å². The number of hydrogen-bond donors (Lipinski definition) is 1. The molecule has 1 aliphatic heterocycles. The van der Waals surface area contributed by atoms with E-state index >= 15 is 0 Å². The summed E-state index contributed by atoms with van der Waals surface area (Å²) in [5.74, 6) is -2.19. The third-order valence-corrected chi connectivity index (χ3v) is 8.87. The summed E-state index contributed by atoms with van der Waals surface area (Å²) in [4.78, 5) is 21.0. The lowest BCUT2D eigenvalue weighted by atomic mass is 9.69. The Morgan fingerprint density at radius 2 is 1.71 bits per heavy atom. The number of carbonyl (C=O) groups excluding carboxylic acids is 1. The predicted octanol–water partition coefficient (Wildman–Crippen LogP) is 7.78. The second kappa shape index (κ2) is 9.89. The molecule has 0 atom stereocenters. The van der Waals surface area contributed by atoms with Gasteiger partial charge in [-0.15, -0.1) is 0 Å². The van der Waals surface area contributed by atoms with E-state index in [0.717, 1.165) is 33.8 Å². The minimum absolute atomic E-state index is 0.0592. The molecule has 2 aliphatic rings. The lowest BCUT2D eigenvalue weighted by Crippen LogP contribution is -2.55. The number of aromatic amines is 1. The van der Waals surface area contributed by atoms with E-state index in [1.54, 1.807) is 15.9 Å². The molecule has 1 amide bonds. The number of nitrogens with one attached hydrogen (secondary N) is 1. The van der Waals surface area contributed by atoms with E-state index in [1.807, 2.05) is 44.4 Å². The zero-order chi connectivity index (χ0) is 29.1. The van der Waals surface area contributed by atoms with Crippen molar-refractivity contribution in [2.24, 2.45) is 0 Å². The molecule has 0 bridgehead atoms. The fourth-order valence-corrected chi connectivity index (χ4v) is 7.02. The van der Waals surface area contributed by atoms with Crippen LogP contribution < -0.4 is 4.90 Å². The first kappa shape index (κ1) is 27.3. The van der Waals surface area contributed by atoms with Crippen LogP contribution in [-0.4, -0.2) is 36.4 Å². The zero-order valence-electron chi connectivity index (χ0n) is 22.8. The molecule has 9 heteroatoms. The number of rotatable bonds is 3. The van der Waals surface area contributed by atoms with Crippen LogP contribution in [0.2, 0.25) is 0 Å². The van der Waals surface area contributed by atoms with E-state index in [4.69, 9.17) is 0 Å². The van der Waals surface area contributed by atoms with E-state index in [-0.39, 0.29) is 17.3 Å². The quantitative estimate of drug-likeness (QED) is 0.257. The molecule has 0 saturated heterocycles. The third-order valence-electron chi connectivity index (χ3n) is 8.87. The highest BCUT2D eigenvalue weighted by molar-refractivity contribution is 5.96. The van der Waals surface area contributed by atoms with Gasteiger partial charge in [-0.25, -0.2) is 8.78 Å². The number of benzene rings is 3. The lowest BCUT2D eigenvalue weighted by Gasteiger charge is -2.51. The Morgan fingerprint density at radius 1 is 0.976 bits per heavy atom. The minimum Gasteiger partial charge on any atom is -0.375 e. The standard InChI is InChI=1S/C32H30F5N3O/c1-39(2)28-21(7-5-8-25(28)33)19-12-15-31(16-13-19)29-23(22-6-3-4-9-27(22)38-29)14-17-40(31)30(41)20-10-11-24(26(34)18-20)32(35,36)37/h3-11,18-19,38H,12-17H2,1-2H3. The van der Waals surface area contributed by atoms with Crippen LogP contribution in [0.15, 0.2) is 60.7 Å². The maximum Gasteiger partial charge on any atom is 0.419 e. The number of amides is 1. The van der Waals surface area contributed by atoms with E-state index in [2.05, 4.69) is 4.98 Å². The minimum atomic E-state index is -4.85. The Morgan fingerprint density at radius 3 is 2.39 bits per heavy atom. The van der Waals surface area contributed by atoms with Crippen molar-refractivity contribution in [3.8, 4) is 0 Å². The average Bonchev–Trinajstić information content (AvgIpc) is 3.32. The second-order valence-electron chi connectivity index (χ2n) is 11.3. The number of fused-ring (bicyclic) bond motifs is 4. The van der Waals surface area contributed by atoms with Crippen molar-refractivity contribution < 1.29 is 26.7 Å². The second-order valence-corrected chi connectivity index (χ2v) is 11.3. The van der Waals surface area contributed by atoms with Crippen molar-refractivity contribution in [2.45, 2.75) is 49.7 Å². The fourth-order valence-electron chi connectivity index (χ4n) is 7.02. The maximum absolute atomic E-state index is 14.8. The molecule has 3 aromatic carbocycles. The van der Waals surface area contributed by atoms with Crippen molar-refractivity contribution in [2.75, 3.05) is 25.5 Å². The first-order valence-corrected chi connectivity index (χ1v) is 13.8. The van der Waals surface area contributed by atoms with Gasteiger partial charge in [0.1, 0.15) is 11.6 Å². The summed E-state index contributed by atoms with van der Waals surface area (Å²) in [6.07, 6.45) is -1.81. The summed E-state index contributed by atoms with van der Waals surface area (Å²) in [5, 5.41) is 1.08. The number of nitrogens with zero attached hydrogens (tertiary/aromatic N) is 2. The Bertz CT molecular complexity index is 1630. The molecule has 4 aromatic rings. The van der Waals surface area contributed by atoms with E-state index < -0.39 is 29.0 Å². The number of para-hydroxylation sites is 2. The summed E-state index contributed by atoms with van der Waals surface area (Å²) in [6.45, 7) is 0.351. The number of carbonyl (C=O) groups is 1. The SMILES string of the molecule is CN(C)c1c(F)cccc1C1CCC2(CC1)c1[nH]c3ccccc3c1CCN2C(=O)c1ccc(C(F)(F)F)c(F)c1. The van der Waals surface area contributed by atoms with Crippen LogP contribution in [0.25, 0.3) is 10.9 Å². The highest BCUT2D eigenvalue weighted by atomic mass is 19.4. The number of H-pyrrole nitrogens is 1. The molecule has 0 unspecified atom stereocenters. The van der Waals surface area contributed by atoms with Crippen LogP contribution in [0.1, 0.15) is 64.3 Å². The third kappa shape index (κ3) is 4.46. The van der Waals surface area contributed by atoms with Crippen molar-refractivity contribution in [1.82, 2.24) is 9.88 Å². The van der Waals surface area contributed by atoms with Crippen LogP contribution in [0.3, 0.4) is 0 Å². The maximum atomic E-state index is 14.8. The smallest absolute Gasteiger partial charge is 0.375 e. The summed E-state index contributed by atoms with van der Waals surface area (Å²) in [5.41, 5.74) is 2.21. The van der Waals surface area contributed by atoms with Gasteiger partial charge >= 0.3 is 6.18 Å². The van der Waals surface area contributed by atoms with E-state index in [0.29, 0.717) is 56.5 Å². The molecule has 41 heavy (non-hydrogen) atoms. The molecule has 214 valence electrons. The van der Waals surface area contributed by atoms with Crippen molar-refractivity contribution in [1.29, 1.82) is 0 Å². The van der Waals surface area contributed by atoms with Crippen molar-refractivity contribution >= 4 is 22.5 Å². The van der Waals surface area contributed by atoms with Crippen molar-refractivity contribution in [3.05, 3.63) is 100 Å². The summed E-state index contributed by atoms with van der Waals surface area (Å²) >= 11 is 0. The first-order chi connectivity index (χ1) is 19.5. The number of aromatic nitrogens is 1. The summed E-state index contributed by atoms with van der Waals surface area (Å²) in [6, 6.07) is 15.4. The molecule has 1 spiro atoms. The largest absolute Gasteiger partial charge is 0.419 e. The molecule has 1 N–H and O–H groups in total. The molecular weight excluding hydrogens is 537 g/mol. The Balaban J connectivity index is 1.41. The Hall–Kier alpha value is -3.88. The average molecular weight is 568 g/mol. The number of alkyl halides is 3. The monoisotopic (exact) mass is 567 g/mol. The molecule has 6 rings (SSSR count). The fraction of sp³-hybridized carbons (Fsp3) is 0.344. The summed E-state index contributed by atoms with van der Waals surface area (Å²) in [7, 11) is 3.63. The van der Waals surface area contributed by atoms with Crippen LogP contribution >= 0.6 is 0 Å². The number of hydrogen-bond acceptors (Lipinski definition) is 2. The lowest BCUT2D eigenvalue weighted by molar-refractivity contribution is -0.140. The van der Waals surface area contributed by atoms with Gasteiger partial charge in [-0.05, 0) is 79.5 Å². The van der Waals surface area contributed by atoms with Gasteiger partial charge in [0.15, 0.2) is 0 Å². The van der Waals surface area contributed by atoms with Crippen molar-refractivity contribution in [3.63, 3.8) is 0 Å². The normalized spacial score (nSPS) is 20.9. The van der Waals surface area contributed by atoms with Crippen LogP contribution in [0.5, 0.6) is 0 Å².